The molecule has 3 aromatic heterocycles. The van der Waals surface area contributed by atoms with Crippen LogP contribution >= 0.6 is 0 Å². The van der Waals surface area contributed by atoms with Crippen molar-refractivity contribution < 1.29 is 0 Å². The van der Waals surface area contributed by atoms with Gasteiger partial charge < -0.3 is 4.57 Å². The van der Waals surface area contributed by atoms with Gasteiger partial charge in [0, 0.05) is 17.6 Å². The number of fused-ring (bicyclic) bond motifs is 3. The van der Waals surface area contributed by atoms with Gasteiger partial charge >= 0.3 is 0 Å². The number of rotatable bonds is 4. The molecule has 0 fully saturated rings. The van der Waals surface area contributed by atoms with Crippen LogP contribution < -0.4 is 0 Å². The number of para-hydroxylation sites is 1. The fourth-order valence-corrected chi connectivity index (χ4v) is 3.16. The lowest BCUT2D eigenvalue weighted by Crippen LogP contribution is -2.08. The van der Waals surface area contributed by atoms with Crippen molar-refractivity contribution in [1.29, 1.82) is 0 Å². The second kappa shape index (κ2) is 5.70. The van der Waals surface area contributed by atoms with Crippen LogP contribution in [0.25, 0.3) is 28.0 Å². The van der Waals surface area contributed by atoms with Crippen LogP contribution in [0.5, 0.6) is 0 Å². The van der Waals surface area contributed by atoms with E-state index in [2.05, 4.69) is 45.0 Å². The molecule has 0 spiro atoms. The van der Waals surface area contributed by atoms with E-state index >= 15 is 0 Å². The molecule has 0 saturated carbocycles. The predicted molar refractivity (Wildman–Crippen MR) is 94.3 cm³/mol. The quantitative estimate of drug-likeness (QED) is 0.576. The van der Waals surface area contributed by atoms with Crippen molar-refractivity contribution in [2.45, 2.75) is 40.2 Å². The van der Waals surface area contributed by atoms with E-state index in [0.717, 1.165) is 52.8 Å². The Kier molecular flexibility index (Phi) is 3.52. The second-order valence-electron chi connectivity index (χ2n) is 6.15. The maximum Gasteiger partial charge on any atom is 0.272 e. The number of aromatic nitrogens is 6. The highest BCUT2D eigenvalue weighted by Crippen LogP contribution is 2.26. The minimum absolute atomic E-state index is 0.522. The van der Waals surface area contributed by atoms with Gasteiger partial charge in [0.1, 0.15) is 5.52 Å². The third-order valence-electron chi connectivity index (χ3n) is 4.30. The van der Waals surface area contributed by atoms with E-state index in [4.69, 9.17) is 4.98 Å². The van der Waals surface area contributed by atoms with Crippen molar-refractivity contribution in [2.24, 2.45) is 0 Å². The highest BCUT2D eigenvalue weighted by atomic mass is 15.4. The number of unbranched alkanes of at least 4 members (excludes halogenated alkanes) is 1. The van der Waals surface area contributed by atoms with Gasteiger partial charge in [0.25, 0.3) is 5.95 Å². The lowest BCUT2D eigenvalue weighted by atomic mass is 10.2. The number of hydrogen-bond acceptors (Lipinski definition) is 4. The number of aryl methyl sites for hydroxylation is 3. The lowest BCUT2D eigenvalue weighted by molar-refractivity contribution is 0.656. The van der Waals surface area contributed by atoms with Crippen molar-refractivity contribution in [3.05, 3.63) is 41.7 Å². The first-order chi connectivity index (χ1) is 11.7. The molecule has 3 heterocycles. The highest BCUT2D eigenvalue weighted by Gasteiger charge is 2.16. The molecular weight excluding hydrogens is 300 g/mol. The minimum atomic E-state index is 0.522. The van der Waals surface area contributed by atoms with E-state index in [1.54, 1.807) is 4.68 Å². The first-order valence-corrected chi connectivity index (χ1v) is 8.34. The van der Waals surface area contributed by atoms with Gasteiger partial charge in [-0.15, -0.1) is 10.2 Å². The Labute approximate surface area is 140 Å². The number of benzene rings is 1. The van der Waals surface area contributed by atoms with Crippen LogP contribution in [0.4, 0.5) is 0 Å². The van der Waals surface area contributed by atoms with E-state index in [1.165, 1.54) is 0 Å². The lowest BCUT2D eigenvalue weighted by Gasteiger charge is -2.06. The van der Waals surface area contributed by atoms with Crippen LogP contribution in [0.15, 0.2) is 30.3 Å². The molecule has 0 bridgehead atoms. The zero-order chi connectivity index (χ0) is 16.7. The summed E-state index contributed by atoms with van der Waals surface area (Å²) in [6.07, 6.45) is 2.24. The van der Waals surface area contributed by atoms with Gasteiger partial charge in [-0.2, -0.15) is 10.1 Å². The summed E-state index contributed by atoms with van der Waals surface area (Å²) < 4.78 is 4.00. The summed E-state index contributed by atoms with van der Waals surface area (Å²) in [6, 6.07) is 10.3. The minimum Gasteiger partial charge on any atom is -0.324 e. The molecule has 0 aliphatic heterocycles. The zero-order valence-electron chi connectivity index (χ0n) is 14.2. The van der Waals surface area contributed by atoms with Gasteiger partial charge in [0.05, 0.1) is 11.2 Å². The molecule has 6 heteroatoms. The summed E-state index contributed by atoms with van der Waals surface area (Å²) >= 11 is 0. The molecule has 0 amide bonds. The average Bonchev–Trinajstić information content (AvgIpc) is 3.09. The van der Waals surface area contributed by atoms with E-state index in [9.17, 15) is 0 Å². The van der Waals surface area contributed by atoms with Gasteiger partial charge in [0.15, 0.2) is 5.65 Å². The molecule has 0 atom stereocenters. The number of hydrogen-bond donors (Lipinski definition) is 0. The maximum absolute atomic E-state index is 4.80. The summed E-state index contributed by atoms with van der Waals surface area (Å²) in [5.41, 5.74) is 4.84. The van der Waals surface area contributed by atoms with Crippen molar-refractivity contribution in [1.82, 2.24) is 29.5 Å². The Morgan fingerprint density at radius 1 is 1.08 bits per heavy atom. The third kappa shape index (κ3) is 2.26. The van der Waals surface area contributed by atoms with E-state index < -0.39 is 0 Å². The third-order valence-corrected chi connectivity index (χ3v) is 4.30. The van der Waals surface area contributed by atoms with E-state index in [1.807, 2.05) is 26.0 Å². The van der Waals surface area contributed by atoms with Crippen molar-refractivity contribution in [3.63, 3.8) is 0 Å². The standard InChI is InChI=1S/C18H20N6/c1-4-5-10-23-15-9-7-6-8-14(15)16-17(23)19-18(21-20-16)24-13(3)11-12(2)22-24/h6-9,11H,4-5,10H2,1-3H3. The molecule has 4 aromatic rings. The van der Waals surface area contributed by atoms with Gasteiger partial charge in [0.2, 0.25) is 0 Å². The predicted octanol–water partition coefficient (Wildman–Crippen LogP) is 3.58. The van der Waals surface area contributed by atoms with E-state index in [-0.39, 0.29) is 0 Å². The monoisotopic (exact) mass is 320 g/mol. The molecule has 0 aliphatic rings. The van der Waals surface area contributed by atoms with Crippen LogP contribution in [-0.4, -0.2) is 29.5 Å². The first kappa shape index (κ1) is 14.8. The fourth-order valence-electron chi connectivity index (χ4n) is 3.16. The summed E-state index contributed by atoms with van der Waals surface area (Å²) in [5.74, 6) is 0.522. The topological polar surface area (TPSA) is 61.4 Å². The molecule has 6 nitrogen and oxygen atoms in total. The summed E-state index contributed by atoms with van der Waals surface area (Å²) in [5, 5.41) is 14.4. The Morgan fingerprint density at radius 2 is 1.92 bits per heavy atom. The fraction of sp³-hybridized carbons (Fsp3) is 0.333. The second-order valence-corrected chi connectivity index (χ2v) is 6.15. The van der Waals surface area contributed by atoms with Crippen LogP contribution in [0, 0.1) is 13.8 Å². The molecule has 122 valence electrons. The Bertz CT molecular complexity index is 1030. The molecule has 0 N–H and O–H groups in total. The first-order valence-electron chi connectivity index (χ1n) is 8.34. The summed E-state index contributed by atoms with van der Waals surface area (Å²) in [6.45, 7) is 7.09. The van der Waals surface area contributed by atoms with Crippen molar-refractivity contribution in [3.8, 4) is 5.95 Å². The summed E-state index contributed by atoms with van der Waals surface area (Å²) in [7, 11) is 0. The zero-order valence-corrected chi connectivity index (χ0v) is 14.2. The molecule has 0 aliphatic carbocycles. The average molecular weight is 320 g/mol. The van der Waals surface area contributed by atoms with Gasteiger partial charge in [-0.25, -0.2) is 4.68 Å². The Balaban J connectivity index is 1.98. The summed E-state index contributed by atoms with van der Waals surface area (Å²) in [4.78, 5) is 4.80. The van der Waals surface area contributed by atoms with Crippen molar-refractivity contribution >= 4 is 22.1 Å². The molecule has 24 heavy (non-hydrogen) atoms. The smallest absolute Gasteiger partial charge is 0.272 e. The van der Waals surface area contributed by atoms with Crippen LogP contribution in [0.1, 0.15) is 31.2 Å². The molecule has 0 unspecified atom stereocenters. The number of nitrogens with zero attached hydrogens (tertiary/aromatic N) is 6. The van der Waals surface area contributed by atoms with Crippen molar-refractivity contribution in [2.75, 3.05) is 0 Å². The SMILES string of the molecule is CCCCn1c2ccccc2c2nnc(-n3nc(C)cc3C)nc21. The maximum atomic E-state index is 4.80. The van der Waals surface area contributed by atoms with Gasteiger partial charge in [-0.05, 0) is 32.4 Å². The Hall–Kier alpha value is -2.76. The normalized spacial score (nSPS) is 11.6. The van der Waals surface area contributed by atoms with Gasteiger partial charge in [-0.1, -0.05) is 31.5 Å². The molecular formula is C18H20N6. The van der Waals surface area contributed by atoms with E-state index in [0.29, 0.717) is 5.95 Å². The van der Waals surface area contributed by atoms with Crippen LogP contribution in [0.2, 0.25) is 0 Å². The molecule has 1 aromatic carbocycles. The van der Waals surface area contributed by atoms with Crippen LogP contribution in [0.3, 0.4) is 0 Å². The molecule has 4 rings (SSSR count). The largest absolute Gasteiger partial charge is 0.324 e. The molecule has 0 radical (unpaired) electrons. The van der Waals surface area contributed by atoms with Gasteiger partial charge in [-0.3, -0.25) is 0 Å². The Morgan fingerprint density at radius 3 is 2.67 bits per heavy atom. The van der Waals surface area contributed by atoms with Crippen LogP contribution in [-0.2, 0) is 6.54 Å². The molecule has 0 saturated heterocycles. The highest BCUT2D eigenvalue weighted by molar-refractivity contribution is 6.04.